The second kappa shape index (κ2) is 5.42. The van der Waals surface area contributed by atoms with Gasteiger partial charge in [-0.3, -0.25) is 9.98 Å². The number of hydrogen-bond donors (Lipinski definition) is 0. The molecule has 0 unspecified atom stereocenters. The predicted molar refractivity (Wildman–Crippen MR) is 67.0 cm³/mol. The Bertz CT molecular complexity index is 463. The fourth-order valence-corrected chi connectivity index (χ4v) is 1.42. The van der Waals surface area contributed by atoms with Gasteiger partial charge in [0.15, 0.2) is 0 Å². The fourth-order valence-electron chi connectivity index (χ4n) is 1.30. The van der Waals surface area contributed by atoms with Gasteiger partial charge in [-0.1, -0.05) is 23.7 Å². The van der Waals surface area contributed by atoms with E-state index in [9.17, 15) is 0 Å². The molecule has 0 radical (unpaired) electrons. The van der Waals surface area contributed by atoms with Crippen LogP contribution in [0.3, 0.4) is 0 Å². The van der Waals surface area contributed by atoms with E-state index in [2.05, 4.69) is 9.98 Å². The van der Waals surface area contributed by atoms with Gasteiger partial charge in [0.25, 0.3) is 0 Å². The highest BCUT2D eigenvalue weighted by Crippen LogP contribution is 2.10. The Hall–Kier alpha value is -1.67. The Labute approximate surface area is 99.6 Å². The van der Waals surface area contributed by atoms with Crippen LogP contribution in [0.5, 0.6) is 0 Å². The number of nitrogens with zero attached hydrogens (tertiary/aromatic N) is 2. The lowest BCUT2D eigenvalue weighted by Gasteiger charge is -1.96. The molecule has 0 spiro atoms. The van der Waals surface area contributed by atoms with Crippen LogP contribution in [0.1, 0.15) is 11.1 Å². The highest BCUT2D eigenvalue weighted by molar-refractivity contribution is 6.30. The number of halogens is 1. The quantitative estimate of drug-likeness (QED) is 0.743. The van der Waals surface area contributed by atoms with Crippen molar-refractivity contribution >= 4 is 17.8 Å². The SMILES string of the molecule is Clc1ccc(CN=Cc2ccncc2)cc1. The third kappa shape index (κ3) is 3.17. The van der Waals surface area contributed by atoms with Gasteiger partial charge < -0.3 is 0 Å². The zero-order valence-corrected chi connectivity index (χ0v) is 9.43. The summed E-state index contributed by atoms with van der Waals surface area (Å²) < 4.78 is 0. The van der Waals surface area contributed by atoms with Crippen molar-refractivity contribution in [1.82, 2.24) is 4.98 Å². The lowest BCUT2D eigenvalue weighted by molar-refractivity contribution is 1.08. The van der Waals surface area contributed by atoms with Gasteiger partial charge in [-0.15, -0.1) is 0 Å². The van der Waals surface area contributed by atoms with E-state index in [0.29, 0.717) is 6.54 Å². The van der Waals surface area contributed by atoms with E-state index in [-0.39, 0.29) is 0 Å². The molecule has 0 aliphatic carbocycles. The smallest absolute Gasteiger partial charge is 0.0639 e. The van der Waals surface area contributed by atoms with E-state index in [1.807, 2.05) is 42.6 Å². The zero-order valence-electron chi connectivity index (χ0n) is 8.68. The van der Waals surface area contributed by atoms with Crippen LogP contribution < -0.4 is 0 Å². The molecular formula is C13H11ClN2. The number of pyridine rings is 1. The molecule has 0 atom stereocenters. The second-order valence-corrected chi connectivity index (χ2v) is 3.81. The van der Waals surface area contributed by atoms with Gasteiger partial charge in [0.1, 0.15) is 0 Å². The maximum atomic E-state index is 5.80. The average molecular weight is 231 g/mol. The largest absolute Gasteiger partial charge is 0.288 e. The Morgan fingerprint density at radius 1 is 1.06 bits per heavy atom. The van der Waals surface area contributed by atoms with Crippen molar-refractivity contribution in [2.45, 2.75) is 6.54 Å². The molecule has 0 bridgehead atoms. The monoisotopic (exact) mass is 230 g/mol. The summed E-state index contributed by atoms with van der Waals surface area (Å²) in [5, 5.41) is 0.752. The molecule has 0 fully saturated rings. The molecule has 1 heterocycles. The molecule has 80 valence electrons. The third-order valence-corrected chi connectivity index (χ3v) is 2.39. The van der Waals surface area contributed by atoms with Crippen LogP contribution in [0.25, 0.3) is 0 Å². The third-order valence-electron chi connectivity index (χ3n) is 2.13. The molecule has 2 rings (SSSR count). The number of hydrogen-bond acceptors (Lipinski definition) is 2. The van der Waals surface area contributed by atoms with Gasteiger partial charge in [-0.2, -0.15) is 0 Å². The van der Waals surface area contributed by atoms with Crippen LogP contribution in [0, 0.1) is 0 Å². The highest BCUT2D eigenvalue weighted by Gasteiger charge is 1.90. The summed E-state index contributed by atoms with van der Waals surface area (Å²) in [6.45, 7) is 0.666. The fraction of sp³-hybridized carbons (Fsp3) is 0.0769. The zero-order chi connectivity index (χ0) is 11.2. The second-order valence-electron chi connectivity index (χ2n) is 3.38. The number of aromatic nitrogens is 1. The number of rotatable bonds is 3. The topological polar surface area (TPSA) is 25.2 Å². The lowest BCUT2D eigenvalue weighted by Crippen LogP contribution is -1.84. The maximum absolute atomic E-state index is 5.80. The summed E-state index contributed by atoms with van der Waals surface area (Å²) in [7, 11) is 0. The highest BCUT2D eigenvalue weighted by atomic mass is 35.5. The van der Waals surface area contributed by atoms with Crippen LogP contribution in [0.2, 0.25) is 5.02 Å². The molecule has 0 aliphatic rings. The van der Waals surface area contributed by atoms with Gasteiger partial charge >= 0.3 is 0 Å². The Balaban J connectivity index is 1.97. The van der Waals surface area contributed by atoms with Crippen molar-refractivity contribution in [2.24, 2.45) is 4.99 Å². The summed E-state index contributed by atoms with van der Waals surface area (Å²) in [4.78, 5) is 8.29. The van der Waals surface area contributed by atoms with Gasteiger partial charge in [-0.25, -0.2) is 0 Å². The standard InChI is InChI=1S/C13H11ClN2/c14-13-3-1-11(2-4-13)9-16-10-12-5-7-15-8-6-12/h1-8,10H,9H2. The maximum Gasteiger partial charge on any atom is 0.0639 e. The van der Waals surface area contributed by atoms with Crippen molar-refractivity contribution in [3.05, 3.63) is 64.9 Å². The van der Waals surface area contributed by atoms with Crippen molar-refractivity contribution in [2.75, 3.05) is 0 Å². The van der Waals surface area contributed by atoms with Crippen molar-refractivity contribution in [1.29, 1.82) is 0 Å². The summed E-state index contributed by atoms with van der Waals surface area (Å²) in [5.41, 5.74) is 2.21. The molecule has 2 nitrogen and oxygen atoms in total. The summed E-state index contributed by atoms with van der Waals surface area (Å²) in [6.07, 6.45) is 5.35. The van der Waals surface area contributed by atoms with Gasteiger partial charge in [-0.05, 0) is 35.4 Å². The number of aliphatic imine (C=N–C) groups is 1. The van der Waals surface area contributed by atoms with Crippen molar-refractivity contribution in [3.8, 4) is 0 Å². The predicted octanol–water partition coefficient (Wildman–Crippen LogP) is 3.35. The molecule has 1 aromatic carbocycles. The molecular weight excluding hydrogens is 220 g/mol. The molecule has 1 aromatic heterocycles. The minimum absolute atomic E-state index is 0.666. The normalized spacial score (nSPS) is 10.8. The minimum atomic E-state index is 0.666. The Kier molecular flexibility index (Phi) is 3.67. The molecule has 0 N–H and O–H groups in total. The molecule has 0 aliphatic heterocycles. The first-order valence-electron chi connectivity index (χ1n) is 4.99. The first kappa shape index (κ1) is 10.8. The molecule has 0 amide bonds. The first-order chi connectivity index (χ1) is 7.84. The van der Waals surface area contributed by atoms with E-state index >= 15 is 0 Å². The van der Waals surface area contributed by atoms with E-state index in [4.69, 9.17) is 11.6 Å². The molecule has 0 saturated heterocycles. The van der Waals surface area contributed by atoms with E-state index in [1.54, 1.807) is 12.4 Å². The van der Waals surface area contributed by atoms with Gasteiger partial charge in [0.05, 0.1) is 6.54 Å². The van der Waals surface area contributed by atoms with E-state index in [0.717, 1.165) is 16.1 Å². The van der Waals surface area contributed by atoms with Crippen LogP contribution in [-0.4, -0.2) is 11.2 Å². The molecule has 0 saturated carbocycles. The van der Waals surface area contributed by atoms with Crippen LogP contribution in [0.15, 0.2) is 53.8 Å². The molecule has 3 heteroatoms. The average Bonchev–Trinajstić information content (AvgIpc) is 2.33. The van der Waals surface area contributed by atoms with Crippen LogP contribution >= 0.6 is 11.6 Å². The first-order valence-corrected chi connectivity index (χ1v) is 5.37. The van der Waals surface area contributed by atoms with Gasteiger partial charge in [0, 0.05) is 23.6 Å². The molecule has 16 heavy (non-hydrogen) atoms. The lowest BCUT2D eigenvalue weighted by atomic mass is 10.2. The summed E-state index contributed by atoms with van der Waals surface area (Å²) in [5.74, 6) is 0. The van der Waals surface area contributed by atoms with Crippen molar-refractivity contribution < 1.29 is 0 Å². The van der Waals surface area contributed by atoms with E-state index in [1.165, 1.54) is 0 Å². The number of benzene rings is 1. The Morgan fingerprint density at radius 3 is 2.44 bits per heavy atom. The Morgan fingerprint density at radius 2 is 1.75 bits per heavy atom. The summed E-state index contributed by atoms with van der Waals surface area (Å²) in [6, 6.07) is 11.5. The van der Waals surface area contributed by atoms with E-state index < -0.39 is 0 Å². The van der Waals surface area contributed by atoms with Crippen molar-refractivity contribution in [3.63, 3.8) is 0 Å². The minimum Gasteiger partial charge on any atom is -0.288 e. The van der Waals surface area contributed by atoms with Gasteiger partial charge in [0.2, 0.25) is 0 Å². The summed E-state index contributed by atoms with van der Waals surface area (Å²) >= 11 is 5.80. The molecule has 2 aromatic rings. The van der Waals surface area contributed by atoms with Crippen LogP contribution in [-0.2, 0) is 6.54 Å². The van der Waals surface area contributed by atoms with Crippen LogP contribution in [0.4, 0.5) is 0 Å².